The highest BCUT2D eigenvalue weighted by Gasteiger charge is 2.48. The van der Waals surface area contributed by atoms with Gasteiger partial charge >= 0.3 is 5.97 Å². The maximum absolute atomic E-state index is 12.3. The van der Waals surface area contributed by atoms with Crippen LogP contribution in [0, 0.1) is 11.8 Å². The predicted octanol–water partition coefficient (Wildman–Crippen LogP) is 1.77. The van der Waals surface area contributed by atoms with E-state index in [2.05, 4.69) is 15.4 Å². The van der Waals surface area contributed by atoms with Crippen LogP contribution in [0.15, 0.2) is 18.2 Å². The summed E-state index contributed by atoms with van der Waals surface area (Å²) in [6, 6.07) is 4.50. The van der Waals surface area contributed by atoms with Gasteiger partial charge in [-0.25, -0.2) is 4.79 Å². The van der Waals surface area contributed by atoms with Crippen molar-refractivity contribution in [3.05, 3.63) is 28.8 Å². The summed E-state index contributed by atoms with van der Waals surface area (Å²) in [4.78, 5) is 38.0. The number of esters is 1. The van der Waals surface area contributed by atoms with E-state index in [-0.39, 0.29) is 29.2 Å². The van der Waals surface area contributed by atoms with E-state index in [1.54, 1.807) is 0 Å². The van der Waals surface area contributed by atoms with Gasteiger partial charge in [0.15, 0.2) is 0 Å². The molecule has 1 saturated carbocycles. The van der Waals surface area contributed by atoms with Gasteiger partial charge in [0.1, 0.15) is 0 Å². The van der Waals surface area contributed by atoms with E-state index in [0.29, 0.717) is 23.7 Å². The van der Waals surface area contributed by atoms with Gasteiger partial charge in [0.25, 0.3) is 0 Å². The van der Waals surface area contributed by atoms with E-state index in [9.17, 15) is 14.4 Å². The minimum Gasteiger partial charge on any atom is -0.465 e. The Labute approximate surface area is 158 Å². The highest BCUT2D eigenvalue weighted by molar-refractivity contribution is 6.34. The molecule has 0 heterocycles. The van der Waals surface area contributed by atoms with Crippen molar-refractivity contribution >= 4 is 35.1 Å². The average Bonchev–Trinajstić information content (AvgIpc) is 3.40. The molecule has 1 aliphatic carbocycles. The Hall–Kier alpha value is -2.12. The van der Waals surface area contributed by atoms with Crippen LogP contribution in [0.5, 0.6) is 0 Å². The Morgan fingerprint density at radius 1 is 1.23 bits per heavy atom. The Balaban J connectivity index is 1.86. The summed E-state index contributed by atoms with van der Waals surface area (Å²) >= 11 is 6.07. The van der Waals surface area contributed by atoms with Gasteiger partial charge in [0.05, 0.1) is 35.2 Å². The molecule has 142 valence electrons. The molecule has 2 rings (SSSR count). The average molecular weight is 382 g/mol. The van der Waals surface area contributed by atoms with E-state index in [0.717, 1.165) is 13.0 Å². The number of methoxy groups -OCH3 is 1. The zero-order valence-corrected chi connectivity index (χ0v) is 15.9. The van der Waals surface area contributed by atoms with Crippen LogP contribution in [0.4, 0.5) is 5.69 Å². The molecule has 0 saturated heterocycles. The number of hydrogen-bond acceptors (Lipinski definition) is 5. The zero-order valence-electron chi connectivity index (χ0n) is 15.2. The molecule has 0 spiro atoms. The molecule has 0 radical (unpaired) electrons. The second-order valence-corrected chi connectivity index (χ2v) is 6.98. The second kappa shape index (κ2) is 9.00. The summed E-state index contributed by atoms with van der Waals surface area (Å²) in [6.45, 7) is 1.48. The third kappa shape index (κ3) is 5.44. The molecule has 7 nitrogen and oxygen atoms in total. The lowest BCUT2D eigenvalue weighted by molar-refractivity contribution is -0.125. The van der Waals surface area contributed by atoms with Crippen LogP contribution in [0.3, 0.4) is 0 Å². The molecule has 1 aromatic carbocycles. The number of carbonyl (C=O) groups is 3. The lowest BCUT2D eigenvalue weighted by Crippen LogP contribution is -2.30. The second-order valence-electron chi connectivity index (χ2n) is 6.57. The van der Waals surface area contributed by atoms with Gasteiger partial charge in [-0.05, 0) is 51.7 Å². The molecule has 2 atom stereocenters. The first kappa shape index (κ1) is 20.2. The number of benzene rings is 1. The van der Waals surface area contributed by atoms with E-state index >= 15 is 0 Å². The summed E-state index contributed by atoms with van der Waals surface area (Å²) in [5, 5.41) is 5.87. The standard InChI is InChI=1S/C18H24ClN3O4/c1-22(2)8-4-7-20-16(23)12-10-13(12)17(24)21-15-9-11(18(25)26-3)5-6-14(15)19/h5-6,9,12-13H,4,7-8,10H2,1-3H3,(H,20,23)(H,21,24). The number of ether oxygens (including phenoxy) is 1. The Kier molecular flexibility index (Phi) is 6.99. The molecule has 26 heavy (non-hydrogen) atoms. The summed E-state index contributed by atoms with van der Waals surface area (Å²) in [7, 11) is 5.23. The third-order valence-electron chi connectivity index (χ3n) is 4.19. The van der Waals surface area contributed by atoms with Gasteiger partial charge in [0.2, 0.25) is 11.8 Å². The van der Waals surface area contributed by atoms with Gasteiger partial charge in [0, 0.05) is 6.54 Å². The van der Waals surface area contributed by atoms with Crippen LogP contribution < -0.4 is 10.6 Å². The normalized spacial score (nSPS) is 18.3. The maximum atomic E-state index is 12.3. The first-order valence-corrected chi connectivity index (χ1v) is 8.82. The minimum atomic E-state index is -0.515. The first-order chi connectivity index (χ1) is 12.3. The van der Waals surface area contributed by atoms with E-state index < -0.39 is 5.97 Å². The highest BCUT2D eigenvalue weighted by atomic mass is 35.5. The van der Waals surface area contributed by atoms with Gasteiger partial charge < -0.3 is 20.3 Å². The quantitative estimate of drug-likeness (QED) is 0.529. The van der Waals surface area contributed by atoms with Crippen LogP contribution in [0.2, 0.25) is 5.02 Å². The fraction of sp³-hybridized carbons (Fsp3) is 0.500. The van der Waals surface area contributed by atoms with Gasteiger partial charge in [-0.2, -0.15) is 0 Å². The van der Waals surface area contributed by atoms with Crippen molar-refractivity contribution < 1.29 is 19.1 Å². The van der Waals surface area contributed by atoms with Crippen LogP contribution >= 0.6 is 11.6 Å². The maximum Gasteiger partial charge on any atom is 0.337 e. The summed E-state index contributed by atoms with van der Waals surface area (Å²) in [5.41, 5.74) is 0.620. The van der Waals surface area contributed by atoms with Crippen molar-refractivity contribution in [2.24, 2.45) is 11.8 Å². The number of carbonyl (C=O) groups excluding carboxylic acids is 3. The molecule has 0 aromatic heterocycles. The van der Waals surface area contributed by atoms with E-state index in [1.807, 2.05) is 19.0 Å². The van der Waals surface area contributed by atoms with Crippen LogP contribution in [0.1, 0.15) is 23.2 Å². The molecule has 1 fully saturated rings. The van der Waals surface area contributed by atoms with Gasteiger partial charge in [-0.1, -0.05) is 11.6 Å². The number of halogens is 1. The van der Waals surface area contributed by atoms with Crippen molar-refractivity contribution in [1.82, 2.24) is 10.2 Å². The van der Waals surface area contributed by atoms with Gasteiger partial charge in [-0.15, -0.1) is 0 Å². The Morgan fingerprint density at radius 3 is 2.58 bits per heavy atom. The van der Waals surface area contributed by atoms with Crippen molar-refractivity contribution in [2.75, 3.05) is 39.6 Å². The van der Waals surface area contributed by atoms with Crippen LogP contribution in [0.25, 0.3) is 0 Å². The molecular formula is C18H24ClN3O4. The van der Waals surface area contributed by atoms with E-state index in [4.69, 9.17) is 11.6 Å². The number of hydrogen-bond donors (Lipinski definition) is 2. The summed E-state index contributed by atoms with van der Waals surface area (Å²) in [5.74, 6) is -1.57. The van der Waals surface area contributed by atoms with Crippen LogP contribution in [-0.2, 0) is 14.3 Å². The molecule has 0 bridgehead atoms. The predicted molar refractivity (Wildman–Crippen MR) is 99.2 cm³/mol. The fourth-order valence-corrected chi connectivity index (χ4v) is 2.77. The summed E-state index contributed by atoms with van der Waals surface area (Å²) in [6.07, 6.45) is 1.37. The molecule has 2 unspecified atom stereocenters. The van der Waals surface area contributed by atoms with Crippen molar-refractivity contribution in [3.63, 3.8) is 0 Å². The smallest absolute Gasteiger partial charge is 0.337 e. The fourth-order valence-electron chi connectivity index (χ4n) is 2.60. The Morgan fingerprint density at radius 2 is 1.92 bits per heavy atom. The molecule has 2 N–H and O–H groups in total. The zero-order chi connectivity index (χ0) is 19.3. The SMILES string of the molecule is COC(=O)c1ccc(Cl)c(NC(=O)C2CC2C(=O)NCCCN(C)C)c1. The lowest BCUT2D eigenvalue weighted by Gasteiger charge is -2.10. The molecule has 0 aliphatic heterocycles. The topological polar surface area (TPSA) is 87.7 Å². The summed E-state index contributed by atoms with van der Waals surface area (Å²) < 4.78 is 4.66. The molecule has 8 heteroatoms. The molecule has 1 aromatic rings. The van der Waals surface area contributed by atoms with Crippen molar-refractivity contribution in [2.45, 2.75) is 12.8 Å². The number of anilines is 1. The highest BCUT2D eigenvalue weighted by Crippen LogP contribution is 2.40. The lowest BCUT2D eigenvalue weighted by atomic mass is 10.2. The molecular weight excluding hydrogens is 358 g/mol. The third-order valence-corrected chi connectivity index (χ3v) is 4.52. The van der Waals surface area contributed by atoms with Crippen LogP contribution in [-0.4, -0.2) is 57.0 Å². The number of amides is 2. The molecule has 1 aliphatic rings. The minimum absolute atomic E-state index is 0.0988. The van der Waals surface area contributed by atoms with Crippen molar-refractivity contribution in [1.29, 1.82) is 0 Å². The molecule has 2 amide bonds. The number of nitrogens with zero attached hydrogens (tertiary/aromatic N) is 1. The Bertz CT molecular complexity index is 693. The van der Waals surface area contributed by atoms with E-state index in [1.165, 1.54) is 25.3 Å². The van der Waals surface area contributed by atoms with Crippen molar-refractivity contribution in [3.8, 4) is 0 Å². The first-order valence-electron chi connectivity index (χ1n) is 8.44. The number of rotatable bonds is 8. The monoisotopic (exact) mass is 381 g/mol. The largest absolute Gasteiger partial charge is 0.465 e. The van der Waals surface area contributed by atoms with Gasteiger partial charge in [-0.3, -0.25) is 9.59 Å². The number of nitrogens with one attached hydrogen (secondary N) is 2.